The summed E-state index contributed by atoms with van der Waals surface area (Å²) in [6, 6.07) is 2.86. The largest absolute Gasteiger partial charge is 0.398 e. The second kappa shape index (κ2) is 5.09. The molecule has 0 saturated carbocycles. The number of thiazole rings is 1. The minimum atomic E-state index is -0.273. The molecule has 0 saturated heterocycles. The number of hydrogen-bond acceptors (Lipinski definition) is 5. The van der Waals surface area contributed by atoms with Gasteiger partial charge in [0.1, 0.15) is 6.54 Å². The average molecular weight is 290 g/mol. The molecule has 0 radical (unpaired) electrons. The first kappa shape index (κ1) is 12.9. The molecule has 0 atom stereocenters. The Labute approximate surface area is 119 Å². The maximum Gasteiger partial charge on any atom is 0.251 e. The molecule has 2 aromatic rings. The highest BCUT2D eigenvalue weighted by molar-refractivity contribution is 7.15. The fourth-order valence-corrected chi connectivity index (χ4v) is 3.30. The fourth-order valence-electron chi connectivity index (χ4n) is 2.23. The summed E-state index contributed by atoms with van der Waals surface area (Å²) < 4.78 is 1.28. The number of anilines is 2. The SMILES string of the molecule is Nc1ccc(=O)n(CC(=O)Nc2nc3c(s2)CCC3)c1. The van der Waals surface area contributed by atoms with E-state index in [4.69, 9.17) is 5.73 Å². The zero-order valence-electron chi connectivity index (χ0n) is 10.8. The van der Waals surface area contributed by atoms with E-state index in [2.05, 4.69) is 10.3 Å². The monoisotopic (exact) mass is 290 g/mol. The molecule has 3 rings (SSSR count). The Balaban J connectivity index is 1.70. The topological polar surface area (TPSA) is 90.0 Å². The van der Waals surface area contributed by atoms with Gasteiger partial charge in [-0.15, -0.1) is 11.3 Å². The molecular formula is C13H14N4O2S. The van der Waals surface area contributed by atoms with Crippen LogP contribution in [0, 0.1) is 0 Å². The van der Waals surface area contributed by atoms with Crippen molar-refractivity contribution < 1.29 is 4.79 Å². The highest BCUT2D eigenvalue weighted by Gasteiger charge is 2.17. The van der Waals surface area contributed by atoms with E-state index in [1.54, 1.807) is 0 Å². The number of nitrogens with one attached hydrogen (secondary N) is 1. The van der Waals surface area contributed by atoms with Crippen LogP contribution in [0.4, 0.5) is 10.8 Å². The van der Waals surface area contributed by atoms with Crippen molar-refractivity contribution in [3.63, 3.8) is 0 Å². The zero-order chi connectivity index (χ0) is 14.1. The van der Waals surface area contributed by atoms with Crippen molar-refractivity contribution in [2.24, 2.45) is 0 Å². The molecule has 1 aliphatic carbocycles. The highest BCUT2D eigenvalue weighted by Crippen LogP contribution is 2.30. The minimum Gasteiger partial charge on any atom is -0.398 e. The number of aryl methyl sites for hydroxylation is 2. The van der Waals surface area contributed by atoms with E-state index in [9.17, 15) is 9.59 Å². The molecule has 0 fully saturated rings. The first-order valence-corrected chi connectivity index (χ1v) is 7.18. The van der Waals surface area contributed by atoms with Gasteiger partial charge in [-0.05, 0) is 25.3 Å². The second-order valence-corrected chi connectivity index (χ2v) is 5.80. The van der Waals surface area contributed by atoms with E-state index < -0.39 is 0 Å². The molecule has 20 heavy (non-hydrogen) atoms. The molecule has 1 amide bonds. The van der Waals surface area contributed by atoms with Crippen molar-refractivity contribution in [3.05, 3.63) is 39.3 Å². The summed E-state index contributed by atoms with van der Waals surface area (Å²) >= 11 is 1.51. The smallest absolute Gasteiger partial charge is 0.251 e. The van der Waals surface area contributed by atoms with Crippen molar-refractivity contribution in [1.29, 1.82) is 0 Å². The number of fused-ring (bicyclic) bond motifs is 1. The Hall–Kier alpha value is -2.15. The van der Waals surface area contributed by atoms with Crippen LogP contribution in [-0.4, -0.2) is 15.5 Å². The quantitative estimate of drug-likeness (QED) is 0.883. The summed E-state index contributed by atoms with van der Waals surface area (Å²) in [6.07, 6.45) is 4.62. The van der Waals surface area contributed by atoms with Crippen LogP contribution in [0.2, 0.25) is 0 Å². The Morgan fingerprint density at radius 1 is 1.45 bits per heavy atom. The molecule has 0 aliphatic heterocycles. The summed E-state index contributed by atoms with van der Waals surface area (Å²) in [7, 11) is 0. The molecule has 3 N–H and O–H groups in total. The second-order valence-electron chi connectivity index (χ2n) is 4.72. The summed E-state index contributed by atoms with van der Waals surface area (Å²) in [6.45, 7) is -0.0614. The molecule has 2 heterocycles. The van der Waals surface area contributed by atoms with Crippen LogP contribution >= 0.6 is 11.3 Å². The van der Waals surface area contributed by atoms with Crippen LogP contribution in [0.3, 0.4) is 0 Å². The van der Waals surface area contributed by atoms with E-state index in [-0.39, 0.29) is 18.0 Å². The van der Waals surface area contributed by atoms with Crippen molar-refractivity contribution in [2.45, 2.75) is 25.8 Å². The summed E-state index contributed by atoms with van der Waals surface area (Å²) in [5, 5.41) is 3.34. The van der Waals surface area contributed by atoms with E-state index >= 15 is 0 Å². The highest BCUT2D eigenvalue weighted by atomic mass is 32.1. The molecule has 6 nitrogen and oxygen atoms in total. The molecule has 0 aromatic carbocycles. The third-order valence-corrected chi connectivity index (χ3v) is 4.24. The van der Waals surface area contributed by atoms with Crippen LogP contribution in [0.1, 0.15) is 17.0 Å². The number of carbonyl (C=O) groups is 1. The van der Waals surface area contributed by atoms with Gasteiger partial charge in [-0.2, -0.15) is 0 Å². The van der Waals surface area contributed by atoms with Gasteiger partial charge in [0.05, 0.1) is 5.69 Å². The van der Waals surface area contributed by atoms with Crippen molar-refractivity contribution in [3.8, 4) is 0 Å². The van der Waals surface area contributed by atoms with Gasteiger partial charge < -0.3 is 15.6 Å². The first-order valence-electron chi connectivity index (χ1n) is 6.36. The van der Waals surface area contributed by atoms with Crippen LogP contribution in [0.5, 0.6) is 0 Å². The predicted octanol–water partition coefficient (Wildman–Crippen LogP) is 1.01. The van der Waals surface area contributed by atoms with Crippen LogP contribution in [0.25, 0.3) is 0 Å². The Kier molecular flexibility index (Phi) is 3.27. The number of hydrogen-bond donors (Lipinski definition) is 2. The van der Waals surface area contributed by atoms with Crippen molar-refractivity contribution in [1.82, 2.24) is 9.55 Å². The summed E-state index contributed by atoms with van der Waals surface area (Å²) in [5.41, 5.74) is 6.89. The molecule has 2 aromatic heterocycles. The van der Waals surface area contributed by atoms with Crippen molar-refractivity contribution in [2.75, 3.05) is 11.1 Å². The maximum absolute atomic E-state index is 11.9. The molecule has 0 unspecified atom stereocenters. The number of amides is 1. The van der Waals surface area contributed by atoms with Gasteiger partial charge in [0, 0.05) is 22.8 Å². The van der Waals surface area contributed by atoms with Gasteiger partial charge in [-0.1, -0.05) is 0 Å². The normalized spacial score (nSPS) is 13.2. The summed E-state index contributed by atoms with van der Waals surface area (Å²) in [5.74, 6) is -0.273. The molecule has 0 spiro atoms. The average Bonchev–Trinajstić information content (AvgIpc) is 2.94. The van der Waals surface area contributed by atoms with Crippen molar-refractivity contribution >= 4 is 28.1 Å². The Morgan fingerprint density at radius 3 is 3.10 bits per heavy atom. The number of pyridine rings is 1. The Bertz CT molecular complexity index is 698. The van der Waals surface area contributed by atoms with E-state index in [1.807, 2.05) is 0 Å². The van der Waals surface area contributed by atoms with E-state index in [0.717, 1.165) is 25.0 Å². The lowest BCUT2D eigenvalue weighted by Gasteiger charge is -2.05. The molecular weight excluding hydrogens is 276 g/mol. The number of nitrogens with two attached hydrogens (primary N) is 1. The number of rotatable bonds is 3. The third-order valence-electron chi connectivity index (χ3n) is 3.16. The van der Waals surface area contributed by atoms with Gasteiger partial charge in [0.2, 0.25) is 5.91 Å². The number of carbonyl (C=O) groups excluding carboxylic acids is 1. The number of nitrogens with zero attached hydrogens (tertiary/aromatic N) is 2. The lowest BCUT2D eigenvalue weighted by molar-refractivity contribution is -0.116. The number of nitrogen functional groups attached to an aromatic ring is 1. The lowest BCUT2D eigenvalue weighted by Crippen LogP contribution is -2.27. The zero-order valence-corrected chi connectivity index (χ0v) is 11.6. The van der Waals surface area contributed by atoms with Gasteiger partial charge in [-0.3, -0.25) is 9.59 Å². The lowest BCUT2D eigenvalue weighted by atomic mass is 10.4. The standard InChI is InChI=1S/C13H14N4O2S/c14-8-4-5-12(19)17(6-8)7-11(18)16-13-15-9-2-1-3-10(9)20-13/h4-6H,1-3,7,14H2,(H,15,16,18). The van der Waals surface area contributed by atoms with E-state index in [1.165, 1.54) is 39.1 Å². The van der Waals surface area contributed by atoms with Crippen LogP contribution < -0.4 is 16.6 Å². The Morgan fingerprint density at radius 2 is 2.30 bits per heavy atom. The van der Waals surface area contributed by atoms with Crippen LogP contribution in [-0.2, 0) is 24.2 Å². The van der Waals surface area contributed by atoms with Gasteiger partial charge in [0.15, 0.2) is 5.13 Å². The fraction of sp³-hybridized carbons (Fsp3) is 0.308. The molecule has 1 aliphatic rings. The number of aromatic nitrogens is 2. The molecule has 7 heteroatoms. The van der Waals surface area contributed by atoms with E-state index in [0.29, 0.717) is 10.8 Å². The first-order chi connectivity index (χ1) is 9.61. The van der Waals surface area contributed by atoms with Gasteiger partial charge in [-0.25, -0.2) is 4.98 Å². The predicted molar refractivity (Wildman–Crippen MR) is 77.9 cm³/mol. The summed E-state index contributed by atoms with van der Waals surface area (Å²) in [4.78, 5) is 29.2. The van der Waals surface area contributed by atoms with Crippen LogP contribution in [0.15, 0.2) is 23.1 Å². The molecule has 104 valence electrons. The minimum absolute atomic E-state index is 0.0614. The van der Waals surface area contributed by atoms with Gasteiger partial charge in [0.25, 0.3) is 5.56 Å². The third kappa shape index (κ3) is 2.57. The maximum atomic E-state index is 11.9. The molecule has 0 bridgehead atoms. The van der Waals surface area contributed by atoms with Gasteiger partial charge >= 0.3 is 0 Å².